The van der Waals surface area contributed by atoms with Crippen molar-refractivity contribution in [3.05, 3.63) is 18.3 Å². The van der Waals surface area contributed by atoms with E-state index in [0.717, 1.165) is 19.3 Å². The van der Waals surface area contributed by atoms with Crippen LogP contribution >= 0.6 is 0 Å². The Bertz CT molecular complexity index is 674. The van der Waals surface area contributed by atoms with Crippen LogP contribution in [0, 0.1) is 12.3 Å². The van der Waals surface area contributed by atoms with Crippen molar-refractivity contribution in [2.24, 2.45) is 0 Å². The van der Waals surface area contributed by atoms with Gasteiger partial charge in [-0.15, -0.1) is 6.42 Å². The SMILES string of the molecule is C#CCNC(=O)CNc1ccc(S(=O)(=O)N2CCCCC2)cn1. The van der Waals surface area contributed by atoms with Gasteiger partial charge in [-0.3, -0.25) is 4.79 Å². The maximum Gasteiger partial charge on any atom is 0.244 e. The smallest absolute Gasteiger partial charge is 0.244 e. The molecule has 8 heteroatoms. The molecule has 1 fully saturated rings. The van der Waals surface area contributed by atoms with Gasteiger partial charge in [-0.25, -0.2) is 13.4 Å². The largest absolute Gasteiger partial charge is 0.361 e. The molecule has 1 aliphatic rings. The molecule has 0 radical (unpaired) electrons. The van der Waals surface area contributed by atoms with Gasteiger partial charge in [0.1, 0.15) is 10.7 Å². The molecule has 0 atom stereocenters. The summed E-state index contributed by atoms with van der Waals surface area (Å²) in [7, 11) is -3.48. The molecule has 0 aliphatic carbocycles. The number of hydrogen-bond donors (Lipinski definition) is 2. The normalized spacial score (nSPS) is 15.6. The highest BCUT2D eigenvalue weighted by Crippen LogP contribution is 2.20. The van der Waals surface area contributed by atoms with Crippen LogP contribution in [-0.4, -0.2) is 49.8 Å². The molecule has 0 aromatic carbocycles. The first-order valence-corrected chi connectivity index (χ1v) is 8.88. The number of pyridine rings is 1. The molecule has 2 N–H and O–H groups in total. The van der Waals surface area contributed by atoms with Crippen LogP contribution < -0.4 is 10.6 Å². The molecule has 1 aromatic heterocycles. The lowest BCUT2D eigenvalue weighted by molar-refractivity contribution is -0.119. The zero-order valence-electron chi connectivity index (χ0n) is 12.8. The van der Waals surface area contributed by atoms with Crippen LogP contribution in [0.3, 0.4) is 0 Å². The molecule has 2 heterocycles. The summed E-state index contributed by atoms with van der Waals surface area (Å²) in [6.07, 6.45) is 9.20. The van der Waals surface area contributed by atoms with E-state index in [-0.39, 0.29) is 23.9 Å². The summed E-state index contributed by atoms with van der Waals surface area (Å²) < 4.78 is 26.4. The van der Waals surface area contributed by atoms with E-state index in [4.69, 9.17) is 6.42 Å². The first kappa shape index (κ1) is 17.2. The number of rotatable bonds is 6. The third-order valence-electron chi connectivity index (χ3n) is 3.51. The molecule has 0 saturated carbocycles. The summed E-state index contributed by atoms with van der Waals surface area (Å²) >= 11 is 0. The first-order valence-electron chi connectivity index (χ1n) is 7.44. The number of carbonyl (C=O) groups excluding carboxylic acids is 1. The summed E-state index contributed by atoms with van der Waals surface area (Å²) in [5.74, 6) is 2.48. The van der Waals surface area contributed by atoms with Crippen LogP contribution in [-0.2, 0) is 14.8 Å². The van der Waals surface area contributed by atoms with Crippen molar-refractivity contribution in [3.63, 3.8) is 0 Å². The summed E-state index contributed by atoms with van der Waals surface area (Å²) in [5, 5.41) is 5.32. The lowest BCUT2D eigenvalue weighted by Gasteiger charge is -2.25. The van der Waals surface area contributed by atoms with E-state index in [0.29, 0.717) is 18.9 Å². The number of nitrogens with one attached hydrogen (secondary N) is 2. The summed E-state index contributed by atoms with van der Waals surface area (Å²) in [5.41, 5.74) is 0. The van der Waals surface area contributed by atoms with E-state index >= 15 is 0 Å². The summed E-state index contributed by atoms with van der Waals surface area (Å²) in [6.45, 7) is 1.29. The third kappa shape index (κ3) is 4.68. The minimum atomic E-state index is -3.48. The highest BCUT2D eigenvalue weighted by atomic mass is 32.2. The number of amides is 1. The summed E-state index contributed by atoms with van der Waals surface area (Å²) in [4.78, 5) is 15.6. The fraction of sp³-hybridized carbons (Fsp3) is 0.467. The molecule has 1 saturated heterocycles. The Morgan fingerprint density at radius 3 is 2.65 bits per heavy atom. The van der Waals surface area contributed by atoms with Crippen LogP contribution in [0.2, 0.25) is 0 Å². The molecule has 7 nitrogen and oxygen atoms in total. The van der Waals surface area contributed by atoms with Gasteiger partial charge in [0.2, 0.25) is 15.9 Å². The van der Waals surface area contributed by atoms with Crippen molar-refractivity contribution in [1.29, 1.82) is 0 Å². The summed E-state index contributed by atoms with van der Waals surface area (Å²) in [6, 6.07) is 3.05. The minimum absolute atomic E-state index is 0.0207. The van der Waals surface area contributed by atoms with E-state index in [1.807, 2.05) is 0 Å². The first-order chi connectivity index (χ1) is 11.0. The van der Waals surface area contributed by atoms with Crippen molar-refractivity contribution < 1.29 is 13.2 Å². The Labute approximate surface area is 136 Å². The van der Waals surface area contributed by atoms with Crippen LogP contribution in [0.5, 0.6) is 0 Å². The van der Waals surface area contributed by atoms with E-state index < -0.39 is 10.0 Å². The van der Waals surface area contributed by atoms with Crippen LogP contribution in [0.25, 0.3) is 0 Å². The highest BCUT2D eigenvalue weighted by molar-refractivity contribution is 7.89. The monoisotopic (exact) mass is 336 g/mol. The van der Waals surface area contributed by atoms with Crippen molar-refractivity contribution in [2.45, 2.75) is 24.2 Å². The van der Waals surface area contributed by atoms with Gasteiger partial charge in [-0.2, -0.15) is 4.31 Å². The van der Waals surface area contributed by atoms with Crippen molar-refractivity contribution in [1.82, 2.24) is 14.6 Å². The number of sulfonamides is 1. The quantitative estimate of drug-likeness (QED) is 0.735. The highest BCUT2D eigenvalue weighted by Gasteiger charge is 2.26. The zero-order chi connectivity index (χ0) is 16.7. The van der Waals surface area contributed by atoms with Gasteiger partial charge in [0, 0.05) is 19.3 Å². The fourth-order valence-corrected chi connectivity index (χ4v) is 3.74. The van der Waals surface area contributed by atoms with Gasteiger partial charge < -0.3 is 10.6 Å². The van der Waals surface area contributed by atoms with Crippen LogP contribution in [0.1, 0.15) is 19.3 Å². The topological polar surface area (TPSA) is 91.4 Å². The number of anilines is 1. The number of nitrogens with zero attached hydrogens (tertiary/aromatic N) is 2. The molecule has 0 bridgehead atoms. The predicted molar refractivity (Wildman–Crippen MR) is 87.2 cm³/mol. The Morgan fingerprint density at radius 2 is 2.04 bits per heavy atom. The predicted octanol–water partition coefficient (Wildman–Crippen LogP) is 0.418. The number of hydrogen-bond acceptors (Lipinski definition) is 5. The lowest BCUT2D eigenvalue weighted by Crippen LogP contribution is -2.35. The van der Waals surface area contributed by atoms with Gasteiger partial charge in [-0.1, -0.05) is 12.3 Å². The maximum absolute atomic E-state index is 12.5. The molecule has 1 aliphatic heterocycles. The second kappa shape index (κ2) is 7.94. The minimum Gasteiger partial charge on any atom is -0.361 e. The van der Waals surface area contributed by atoms with E-state index in [1.54, 1.807) is 6.07 Å². The average molecular weight is 336 g/mol. The average Bonchev–Trinajstić information content (AvgIpc) is 2.59. The maximum atomic E-state index is 12.5. The van der Waals surface area contributed by atoms with Crippen molar-refractivity contribution >= 4 is 21.7 Å². The molecular weight excluding hydrogens is 316 g/mol. The molecular formula is C15H20N4O3S. The lowest BCUT2D eigenvalue weighted by atomic mass is 10.2. The molecule has 23 heavy (non-hydrogen) atoms. The molecule has 0 spiro atoms. The Morgan fingerprint density at radius 1 is 1.30 bits per heavy atom. The second-order valence-corrected chi connectivity index (χ2v) is 7.12. The van der Waals surface area contributed by atoms with Gasteiger partial charge >= 0.3 is 0 Å². The zero-order valence-corrected chi connectivity index (χ0v) is 13.6. The van der Waals surface area contributed by atoms with Gasteiger partial charge in [0.15, 0.2) is 0 Å². The molecule has 2 rings (SSSR count). The van der Waals surface area contributed by atoms with E-state index in [2.05, 4.69) is 21.5 Å². The van der Waals surface area contributed by atoms with Crippen LogP contribution in [0.15, 0.2) is 23.2 Å². The van der Waals surface area contributed by atoms with E-state index in [1.165, 1.54) is 16.6 Å². The number of carbonyl (C=O) groups is 1. The molecule has 0 unspecified atom stereocenters. The van der Waals surface area contributed by atoms with Gasteiger partial charge in [0.05, 0.1) is 13.1 Å². The van der Waals surface area contributed by atoms with Gasteiger partial charge in [0.25, 0.3) is 0 Å². The number of piperidine rings is 1. The number of terminal acetylenes is 1. The Hall–Kier alpha value is -2.11. The van der Waals surface area contributed by atoms with Crippen molar-refractivity contribution in [3.8, 4) is 12.3 Å². The Balaban J connectivity index is 1.96. The molecule has 124 valence electrons. The standard InChI is InChI=1S/C15H20N4O3S/c1-2-8-16-15(20)12-18-14-7-6-13(11-17-14)23(21,22)19-9-4-3-5-10-19/h1,6-7,11H,3-5,8-10,12H2,(H,16,20)(H,17,18). The van der Waals surface area contributed by atoms with Gasteiger partial charge in [-0.05, 0) is 25.0 Å². The number of aromatic nitrogens is 1. The Kier molecular flexibility index (Phi) is 5.96. The third-order valence-corrected chi connectivity index (χ3v) is 5.39. The van der Waals surface area contributed by atoms with Crippen LogP contribution in [0.4, 0.5) is 5.82 Å². The molecule has 1 aromatic rings. The van der Waals surface area contributed by atoms with Crippen molar-refractivity contribution in [2.75, 3.05) is 31.5 Å². The second-order valence-electron chi connectivity index (χ2n) is 5.18. The fourth-order valence-electron chi connectivity index (χ4n) is 2.27. The molecule has 1 amide bonds. The van der Waals surface area contributed by atoms with E-state index in [9.17, 15) is 13.2 Å².